The zero-order valence-corrected chi connectivity index (χ0v) is 14.8. The monoisotopic (exact) mass is 366 g/mol. The van der Waals surface area contributed by atoms with Crippen LogP contribution in [0.5, 0.6) is 5.75 Å². The molecule has 0 radical (unpaired) electrons. The maximum atomic E-state index is 6.34. The summed E-state index contributed by atoms with van der Waals surface area (Å²) in [6, 6.07) is 6.05. The molecule has 1 unspecified atom stereocenters. The minimum atomic E-state index is 0.0967. The van der Waals surface area contributed by atoms with Crippen molar-refractivity contribution in [2.24, 2.45) is 11.1 Å². The van der Waals surface area contributed by atoms with Gasteiger partial charge in [-0.05, 0) is 36.5 Å². The minimum absolute atomic E-state index is 0.0967. The number of thiazole rings is 1. The number of hydrogen-bond acceptors (Lipinski definition) is 4. The molecule has 2 N–H and O–H groups in total. The highest BCUT2D eigenvalue weighted by atomic mass is 79.9. The summed E-state index contributed by atoms with van der Waals surface area (Å²) in [7, 11) is 1.68. The van der Waals surface area contributed by atoms with Gasteiger partial charge in [-0.2, -0.15) is 0 Å². The molecule has 5 heteroatoms. The van der Waals surface area contributed by atoms with E-state index in [1.807, 2.05) is 18.2 Å². The number of halogens is 1. The number of hydrogen-bond donors (Lipinski definition) is 1. The van der Waals surface area contributed by atoms with Gasteiger partial charge in [-0.15, -0.1) is 11.3 Å². The fourth-order valence-corrected chi connectivity index (χ4v) is 4.58. The topological polar surface area (TPSA) is 48.1 Å². The van der Waals surface area contributed by atoms with Crippen molar-refractivity contribution in [2.45, 2.75) is 32.7 Å². The number of methoxy groups -OCH3 is 1. The Morgan fingerprint density at radius 3 is 2.90 bits per heavy atom. The van der Waals surface area contributed by atoms with E-state index in [0.717, 1.165) is 39.3 Å². The predicted molar refractivity (Wildman–Crippen MR) is 90.8 cm³/mol. The maximum absolute atomic E-state index is 6.34. The number of aromatic nitrogens is 1. The molecule has 0 saturated heterocycles. The molecule has 3 rings (SSSR count). The summed E-state index contributed by atoms with van der Waals surface area (Å²) in [4.78, 5) is 6.09. The van der Waals surface area contributed by atoms with Gasteiger partial charge in [-0.1, -0.05) is 29.8 Å². The number of fused-ring (bicyclic) bond motifs is 1. The highest BCUT2D eigenvalue weighted by molar-refractivity contribution is 9.10. The van der Waals surface area contributed by atoms with Crippen LogP contribution >= 0.6 is 27.3 Å². The van der Waals surface area contributed by atoms with Gasteiger partial charge in [-0.3, -0.25) is 0 Å². The van der Waals surface area contributed by atoms with Crippen LogP contribution in [0.1, 0.15) is 36.9 Å². The van der Waals surface area contributed by atoms with Crippen LogP contribution in [-0.2, 0) is 6.42 Å². The largest absolute Gasteiger partial charge is 0.497 e. The van der Waals surface area contributed by atoms with Crippen molar-refractivity contribution in [1.29, 1.82) is 0 Å². The van der Waals surface area contributed by atoms with E-state index >= 15 is 0 Å². The molecule has 0 spiro atoms. The van der Waals surface area contributed by atoms with Gasteiger partial charge < -0.3 is 10.5 Å². The van der Waals surface area contributed by atoms with Gasteiger partial charge in [0.25, 0.3) is 0 Å². The Hall–Kier alpha value is -0.910. The van der Waals surface area contributed by atoms with Crippen molar-refractivity contribution in [2.75, 3.05) is 7.11 Å². The minimum Gasteiger partial charge on any atom is -0.497 e. The number of ether oxygens (including phenoxy) is 1. The van der Waals surface area contributed by atoms with E-state index in [0.29, 0.717) is 0 Å². The molecule has 0 saturated carbocycles. The summed E-state index contributed by atoms with van der Waals surface area (Å²) in [5.41, 5.74) is 8.80. The molecule has 0 amide bonds. The van der Waals surface area contributed by atoms with Crippen LogP contribution in [0.4, 0.5) is 0 Å². The first-order valence-electron chi connectivity index (χ1n) is 6.99. The molecular weight excluding hydrogens is 348 g/mol. The quantitative estimate of drug-likeness (QED) is 0.847. The smallest absolute Gasteiger partial charge is 0.125 e. The lowest BCUT2D eigenvalue weighted by Crippen LogP contribution is -2.28. The van der Waals surface area contributed by atoms with E-state index in [9.17, 15) is 0 Å². The first-order chi connectivity index (χ1) is 9.89. The summed E-state index contributed by atoms with van der Waals surface area (Å²) < 4.78 is 6.35. The van der Waals surface area contributed by atoms with Gasteiger partial charge in [0.15, 0.2) is 0 Å². The summed E-state index contributed by atoms with van der Waals surface area (Å²) in [5.74, 6) is 0.839. The van der Waals surface area contributed by atoms with Crippen molar-refractivity contribution in [1.82, 2.24) is 4.98 Å². The first kappa shape index (κ1) is 15.0. The van der Waals surface area contributed by atoms with E-state index in [1.165, 1.54) is 4.88 Å². The van der Waals surface area contributed by atoms with Crippen LogP contribution in [0, 0.1) is 5.41 Å². The lowest BCUT2D eigenvalue weighted by molar-refractivity contribution is 0.282. The molecule has 0 aliphatic heterocycles. The third-order valence-electron chi connectivity index (χ3n) is 3.89. The van der Waals surface area contributed by atoms with E-state index < -0.39 is 0 Å². The molecule has 1 aliphatic carbocycles. The zero-order valence-electron chi connectivity index (χ0n) is 12.4. The molecule has 0 fully saturated rings. The lowest BCUT2D eigenvalue weighted by atomic mass is 9.77. The third kappa shape index (κ3) is 2.87. The highest BCUT2D eigenvalue weighted by Gasteiger charge is 2.33. The Morgan fingerprint density at radius 2 is 2.19 bits per heavy atom. The summed E-state index contributed by atoms with van der Waals surface area (Å²) >= 11 is 5.32. The fourth-order valence-electron chi connectivity index (χ4n) is 2.90. The van der Waals surface area contributed by atoms with Crippen LogP contribution in [0.15, 0.2) is 22.7 Å². The third-order valence-corrected chi connectivity index (χ3v) is 5.84. The second-order valence-electron chi connectivity index (χ2n) is 6.33. The molecule has 1 aromatic heterocycles. The van der Waals surface area contributed by atoms with Gasteiger partial charge in [0.05, 0.1) is 12.8 Å². The zero-order chi connectivity index (χ0) is 15.2. The Balaban J connectivity index is 2.06. The number of nitrogens with zero attached hydrogens (tertiary/aromatic N) is 1. The molecule has 2 aromatic rings. The Kier molecular flexibility index (Phi) is 3.84. The molecule has 3 nitrogen and oxygen atoms in total. The molecule has 1 heterocycles. The van der Waals surface area contributed by atoms with Crippen molar-refractivity contribution >= 4 is 27.3 Å². The van der Waals surface area contributed by atoms with Crippen LogP contribution < -0.4 is 10.5 Å². The summed E-state index contributed by atoms with van der Waals surface area (Å²) in [6.45, 7) is 4.52. The SMILES string of the molecule is COc1ccc(Br)c(-c2nc3c(s2)C(N)CC(C)(C)C3)c1. The molecular formula is C16H19BrN2OS. The Morgan fingerprint density at radius 1 is 1.43 bits per heavy atom. The first-order valence-corrected chi connectivity index (χ1v) is 8.60. The molecule has 1 atom stereocenters. The van der Waals surface area contributed by atoms with Crippen LogP contribution in [-0.4, -0.2) is 12.1 Å². The normalized spacial score (nSPS) is 20.1. The Labute approximate surface area is 137 Å². The number of nitrogens with two attached hydrogens (primary N) is 1. The van der Waals surface area contributed by atoms with E-state index in [1.54, 1.807) is 18.4 Å². The number of rotatable bonds is 2. The predicted octanol–water partition coefficient (Wildman–Crippen LogP) is 4.55. The standard InChI is InChI=1S/C16H19BrN2OS/c1-16(2)7-12(18)14-13(8-16)19-15(21-14)10-6-9(20-3)4-5-11(10)17/h4-6,12H,7-8,18H2,1-3H3. The molecule has 1 aliphatic rings. The van der Waals surface area contributed by atoms with Crippen molar-refractivity contribution in [3.05, 3.63) is 33.2 Å². The average Bonchev–Trinajstić information content (AvgIpc) is 2.81. The average molecular weight is 367 g/mol. The van der Waals surface area contributed by atoms with Crippen LogP contribution in [0.2, 0.25) is 0 Å². The van der Waals surface area contributed by atoms with Gasteiger partial charge >= 0.3 is 0 Å². The maximum Gasteiger partial charge on any atom is 0.125 e. The lowest BCUT2D eigenvalue weighted by Gasteiger charge is -2.32. The molecule has 0 bridgehead atoms. The Bertz CT molecular complexity index is 681. The molecule has 1 aromatic carbocycles. The second-order valence-corrected chi connectivity index (χ2v) is 8.21. The molecule has 112 valence electrons. The van der Waals surface area contributed by atoms with Crippen LogP contribution in [0.25, 0.3) is 10.6 Å². The highest BCUT2D eigenvalue weighted by Crippen LogP contribution is 2.45. The van der Waals surface area contributed by atoms with E-state index in [-0.39, 0.29) is 11.5 Å². The summed E-state index contributed by atoms with van der Waals surface area (Å²) in [6.07, 6.45) is 2.01. The second kappa shape index (κ2) is 5.38. The number of benzene rings is 1. The van der Waals surface area contributed by atoms with Gasteiger partial charge in [-0.25, -0.2) is 4.98 Å². The van der Waals surface area contributed by atoms with Crippen molar-refractivity contribution in [3.63, 3.8) is 0 Å². The van der Waals surface area contributed by atoms with Gasteiger partial charge in [0.1, 0.15) is 10.8 Å². The van der Waals surface area contributed by atoms with Crippen molar-refractivity contribution < 1.29 is 4.74 Å². The fraction of sp³-hybridized carbons (Fsp3) is 0.438. The van der Waals surface area contributed by atoms with Crippen LogP contribution in [0.3, 0.4) is 0 Å². The van der Waals surface area contributed by atoms with Gasteiger partial charge in [0.2, 0.25) is 0 Å². The van der Waals surface area contributed by atoms with Crippen molar-refractivity contribution in [3.8, 4) is 16.3 Å². The summed E-state index contributed by atoms with van der Waals surface area (Å²) in [5, 5.41) is 1.01. The molecule has 21 heavy (non-hydrogen) atoms. The van der Waals surface area contributed by atoms with Gasteiger partial charge in [0, 0.05) is 21.0 Å². The van der Waals surface area contributed by atoms with E-state index in [4.69, 9.17) is 15.5 Å². The van der Waals surface area contributed by atoms with E-state index in [2.05, 4.69) is 29.8 Å².